The molecule has 0 amide bonds. The van der Waals surface area contributed by atoms with E-state index in [1.54, 1.807) is 5.73 Å². The van der Waals surface area contributed by atoms with E-state index in [1.165, 1.54) is 0 Å². The number of carbonyl (C=O) groups is 2. The summed E-state index contributed by atoms with van der Waals surface area (Å²) in [5.74, 6) is -1.00. The van der Waals surface area contributed by atoms with Crippen LogP contribution in [0.4, 0.5) is 0 Å². The number of ether oxygens (including phenoxy) is 1. The Hall–Kier alpha value is -1.06. The highest BCUT2D eigenvalue weighted by molar-refractivity contribution is 5.72. The van der Waals surface area contributed by atoms with Crippen LogP contribution in [-0.4, -0.2) is 70.2 Å². The number of hydrogen-bond acceptors (Lipinski definition) is 8. The van der Waals surface area contributed by atoms with Crippen LogP contribution in [0, 0.1) is 0 Å². The van der Waals surface area contributed by atoms with Gasteiger partial charge in [-0.1, -0.05) is 0 Å². The Morgan fingerprint density at radius 3 is 2.56 bits per heavy atom. The molecule has 0 heterocycles. The Balaban J connectivity index is 4.63. The number of aliphatic hydroxyl groups is 4. The van der Waals surface area contributed by atoms with Crippen molar-refractivity contribution in [3.05, 3.63) is 0 Å². The van der Waals surface area contributed by atoms with Crippen LogP contribution in [0.2, 0.25) is 1.41 Å². The molecule has 0 spiro atoms. The molecule has 94 valence electrons. The van der Waals surface area contributed by atoms with Gasteiger partial charge in [-0.05, 0) is 0 Å². The summed E-state index contributed by atoms with van der Waals surface area (Å²) < 4.78 is 11.0. The minimum atomic E-state index is -1.85. The van der Waals surface area contributed by atoms with Gasteiger partial charge >= 0.3 is 5.97 Å². The maximum absolute atomic E-state index is 11.0. The second kappa shape index (κ2) is 7.25. The molecule has 0 aromatic carbocycles. The smallest absolute Gasteiger partial charge is 0.320 e. The maximum atomic E-state index is 11.0. The van der Waals surface area contributed by atoms with E-state index in [2.05, 4.69) is 4.74 Å². The van der Waals surface area contributed by atoms with Gasteiger partial charge < -0.3 is 35.7 Å². The number of hydrogen-bond donors (Lipinski definition) is 5. The van der Waals surface area contributed by atoms with Crippen molar-refractivity contribution < 1.29 is 36.2 Å². The van der Waals surface area contributed by atoms with E-state index in [9.17, 15) is 19.8 Å². The molecule has 0 bridgehead atoms. The van der Waals surface area contributed by atoms with Gasteiger partial charge in [0.25, 0.3) is 0 Å². The summed E-state index contributed by atoms with van der Waals surface area (Å²) in [6.45, 7) is -1.36. The van der Waals surface area contributed by atoms with E-state index in [0.29, 0.717) is 0 Å². The van der Waals surface area contributed by atoms with Gasteiger partial charge in [0.1, 0.15) is 19.7 Å². The number of esters is 1. The minimum absolute atomic E-state index is 0.0133. The molecule has 0 rings (SSSR count). The Morgan fingerprint density at radius 2 is 2.12 bits per heavy atom. The number of aliphatic hydroxyl groups excluding tert-OH is 4. The Bertz CT molecular complexity index is 252. The third kappa shape index (κ3) is 4.21. The Labute approximate surface area is 92.7 Å². The molecule has 0 saturated carbocycles. The first-order valence-electron chi connectivity index (χ1n) is 4.92. The zero-order chi connectivity index (χ0) is 13.4. The van der Waals surface area contributed by atoms with Crippen LogP contribution >= 0.6 is 0 Å². The predicted octanol–water partition coefficient (Wildman–Crippen LogP) is -3.87. The van der Waals surface area contributed by atoms with Crippen LogP contribution in [0.5, 0.6) is 0 Å². The van der Waals surface area contributed by atoms with Gasteiger partial charge in [-0.2, -0.15) is 0 Å². The van der Waals surface area contributed by atoms with Gasteiger partial charge in [0.05, 0.1) is 13.2 Å². The first kappa shape index (κ1) is 13.0. The van der Waals surface area contributed by atoms with E-state index in [1.807, 2.05) is 0 Å². The Morgan fingerprint density at radius 1 is 1.50 bits per heavy atom. The molecule has 0 aliphatic heterocycles. The van der Waals surface area contributed by atoms with Crippen LogP contribution in [0.15, 0.2) is 0 Å². The average Bonchev–Trinajstić information content (AvgIpc) is 2.33. The molecule has 4 atom stereocenters. The van der Waals surface area contributed by atoms with Crippen molar-refractivity contribution in [1.29, 1.82) is 0 Å². The quantitative estimate of drug-likeness (QED) is 0.213. The normalized spacial score (nSPS) is 19.1. The lowest BCUT2D eigenvalue weighted by Crippen LogP contribution is -2.49. The summed E-state index contributed by atoms with van der Waals surface area (Å²) in [6, 6.07) is 0. The van der Waals surface area contributed by atoms with Gasteiger partial charge in [0.2, 0.25) is 0 Å². The molecule has 0 aliphatic rings. The monoisotopic (exact) mass is 238 g/mol. The number of rotatable bonds is 8. The summed E-state index contributed by atoms with van der Waals surface area (Å²) in [4.78, 5) is 21.4. The second-order valence-electron chi connectivity index (χ2n) is 3.00. The van der Waals surface area contributed by atoms with E-state index >= 15 is 0 Å². The molecule has 16 heavy (non-hydrogen) atoms. The van der Waals surface area contributed by atoms with Crippen LogP contribution in [0.1, 0.15) is 0 Å². The minimum Gasteiger partial charge on any atom is -0.455 e. The average molecular weight is 238 g/mol. The molecule has 8 heteroatoms. The third-order valence-corrected chi connectivity index (χ3v) is 1.81. The van der Waals surface area contributed by atoms with Crippen LogP contribution in [-0.2, 0) is 14.3 Å². The van der Waals surface area contributed by atoms with Gasteiger partial charge in [0, 0.05) is 0 Å². The SMILES string of the molecule is [2H]NCC(=O)O[C@@H]([C@H](O)[C@H](O)CO)[C@@H](O)C=O. The molecule has 0 fully saturated rings. The number of nitrogens with two attached hydrogens (primary N) is 1. The first-order chi connectivity index (χ1) is 7.97. The molecular formula is C8H15NO7. The van der Waals surface area contributed by atoms with Crippen molar-refractivity contribution in [3.8, 4) is 0 Å². The maximum Gasteiger partial charge on any atom is 0.320 e. The fourth-order valence-corrected chi connectivity index (χ4v) is 0.939. The summed E-state index contributed by atoms with van der Waals surface area (Å²) >= 11 is 0. The van der Waals surface area contributed by atoms with Gasteiger partial charge in [-0.3, -0.25) is 4.79 Å². The van der Waals surface area contributed by atoms with Crippen molar-refractivity contribution in [3.63, 3.8) is 0 Å². The highest BCUT2D eigenvalue weighted by Crippen LogP contribution is 2.08. The molecular weight excluding hydrogens is 222 g/mol. The lowest BCUT2D eigenvalue weighted by Gasteiger charge is -2.26. The fraction of sp³-hybridized carbons (Fsp3) is 0.750. The highest BCUT2D eigenvalue weighted by Gasteiger charge is 2.34. The van der Waals surface area contributed by atoms with Crippen molar-refractivity contribution >= 4 is 12.3 Å². The zero-order valence-electron chi connectivity index (χ0n) is 9.31. The molecule has 0 aromatic heterocycles. The second-order valence-corrected chi connectivity index (χ2v) is 3.00. The van der Waals surface area contributed by atoms with E-state index in [-0.39, 0.29) is 6.29 Å². The predicted molar refractivity (Wildman–Crippen MR) is 50.1 cm³/mol. The molecule has 0 radical (unpaired) electrons. The Kier molecular flexibility index (Phi) is 5.90. The lowest BCUT2D eigenvalue weighted by molar-refractivity contribution is -0.172. The highest BCUT2D eigenvalue weighted by atomic mass is 16.6. The fourth-order valence-electron chi connectivity index (χ4n) is 0.939. The molecule has 0 saturated heterocycles. The van der Waals surface area contributed by atoms with Crippen molar-refractivity contribution in [2.45, 2.75) is 24.4 Å². The summed E-state index contributed by atoms with van der Waals surface area (Å²) in [6.07, 6.45) is -7.04. The van der Waals surface area contributed by atoms with Crippen molar-refractivity contribution in [1.82, 2.24) is 0 Å². The summed E-state index contributed by atoms with van der Waals surface area (Å²) in [5.41, 5.74) is 1.72. The number of carbonyl (C=O) groups excluding carboxylic acids is 2. The van der Waals surface area contributed by atoms with E-state index in [0.717, 1.165) is 0 Å². The summed E-state index contributed by atoms with van der Waals surface area (Å²) in [7, 11) is 0. The standard InChI is InChI=1S/C8H15NO7/c9-1-6(14)16-8(5(13)3-11)7(15)4(12)2-10/h3-5,7-8,10,12-13,15H,1-2,9H2/t4-,5+,7-,8-/m1/s1/i/hD. The van der Waals surface area contributed by atoms with Crippen LogP contribution < -0.4 is 5.73 Å². The largest absolute Gasteiger partial charge is 0.455 e. The number of aldehydes is 1. The van der Waals surface area contributed by atoms with Gasteiger partial charge in [-0.25, -0.2) is 0 Å². The topological polar surface area (TPSA) is 150 Å². The molecule has 8 nitrogen and oxygen atoms in total. The van der Waals surface area contributed by atoms with Crippen LogP contribution in [0.25, 0.3) is 0 Å². The molecule has 0 unspecified atom stereocenters. The van der Waals surface area contributed by atoms with Crippen molar-refractivity contribution in [2.24, 2.45) is 5.73 Å². The lowest BCUT2D eigenvalue weighted by atomic mass is 10.0. The van der Waals surface area contributed by atoms with E-state index in [4.69, 9.17) is 11.6 Å². The third-order valence-electron chi connectivity index (χ3n) is 1.81. The first-order valence-corrected chi connectivity index (χ1v) is 4.42. The summed E-state index contributed by atoms with van der Waals surface area (Å²) in [5, 5.41) is 36.3. The molecule has 0 aliphatic carbocycles. The van der Waals surface area contributed by atoms with Crippen molar-refractivity contribution in [2.75, 3.05) is 13.2 Å². The molecule has 6 N–H and O–H groups in total. The molecule has 0 aromatic rings. The van der Waals surface area contributed by atoms with Crippen LogP contribution in [0.3, 0.4) is 0 Å². The van der Waals surface area contributed by atoms with E-state index < -0.39 is 43.5 Å². The van der Waals surface area contributed by atoms with Gasteiger partial charge in [0.15, 0.2) is 12.4 Å². The van der Waals surface area contributed by atoms with Gasteiger partial charge in [-0.15, -0.1) is 0 Å². The zero-order valence-corrected chi connectivity index (χ0v) is 8.31.